The zero-order valence-electron chi connectivity index (χ0n) is 3.86. The molecule has 0 aromatic carbocycles. The number of carbonyl (C=O) groups excluding carboxylic acids is 1. The normalized spacial score (nSPS) is 12.1. The molecule has 5 heteroatoms. The lowest BCUT2D eigenvalue weighted by Gasteiger charge is -1.87. The van der Waals surface area contributed by atoms with Crippen molar-refractivity contribution < 1.29 is 17.7 Å². The Hall–Kier alpha value is -0.680. The predicted molar refractivity (Wildman–Crippen MR) is 27.1 cm³/mol. The Bertz CT molecular complexity index is 129. The van der Waals surface area contributed by atoms with E-state index < -0.39 is 17.3 Å². The molecule has 4 nitrogen and oxygen atoms in total. The summed E-state index contributed by atoms with van der Waals surface area (Å²) in [5.41, 5.74) is 0. The van der Waals surface area contributed by atoms with Crippen LogP contribution in [0.2, 0.25) is 0 Å². The molecule has 0 spiro atoms. The van der Waals surface area contributed by atoms with Crippen molar-refractivity contribution in [3.05, 3.63) is 12.7 Å². The summed E-state index contributed by atoms with van der Waals surface area (Å²) in [7, 11) is 0. The minimum absolute atomic E-state index is 0.800. The largest absolute Gasteiger partial charge is 0.360 e. The predicted octanol–water partition coefficient (Wildman–Crippen LogP) is -0.148. The van der Waals surface area contributed by atoms with Crippen molar-refractivity contribution in [1.82, 2.24) is 0 Å². The van der Waals surface area contributed by atoms with E-state index in [4.69, 9.17) is 4.55 Å². The van der Waals surface area contributed by atoms with E-state index in [1.807, 2.05) is 0 Å². The van der Waals surface area contributed by atoms with Crippen LogP contribution in [0.5, 0.6) is 0 Å². The highest BCUT2D eigenvalue weighted by Gasteiger charge is 1.97. The molecule has 0 fully saturated rings. The Morgan fingerprint density at radius 2 is 2.38 bits per heavy atom. The standard InChI is InChI=1S/C3H4O4S/c1-2-3(4)7-8(5)6/h2H,1H2,(H,5,6). The monoisotopic (exact) mass is 136 g/mol. The van der Waals surface area contributed by atoms with Gasteiger partial charge < -0.3 is 4.18 Å². The number of rotatable bonds is 2. The topological polar surface area (TPSA) is 63.6 Å². The fourth-order valence-corrected chi connectivity index (χ4v) is 0.313. The fraction of sp³-hybridized carbons (Fsp3) is 0. The molecule has 0 amide bonds. The van der Waals surface area contributed by atoms with E-state index in [0.717, 1.165) is 6.08 Å². The van der Waals surface area contributed by atoms with Gasteiger partial charge in [0.1, 0.15) is 0 Å². The van der Waals surface area contributed by atoms with E-state index >= 15 is 0 Å². The Kier molecular flexibility index (Phi) is 3.05. The Morgan fingerprint density at radius 1 is 1.88 bits per heavy atom. The molecule has 0 radical (unpaired) electrons. The van der Waals surface area contributed by atoms with Gasteiger partial charge in [0.15, 0.2) is 0 Å². The summed E-state index contributed by atoms with van der Waals surface area (Å²) < 4.78 is 21.1. The van der Waals surface area contributed by atoms with Crippen molar-refractivity contribution in [2.24, 2.45) is 0 Å². The van der Waals surface area contributed by atoms with Crippen molar-refractivity contribution in [2.45, 2.75) is 0 Å². The van der Waals surface area contributed by atoms with Gasteiger partial charge in [-0.2, -0.15) is 4.21 Å². The summed E-state index contributed by atoms with van der Waals surface area (Å²) in [4.78, 5) is 9.93. The minimum atomic E-state index is -2.52. The maximum Gasteiger partial charge on any atom is 0.360 e. The van der Waals surface area contributed by atoms with Crippen molar-refractivity contribution in [1.29, 1.82) is 0 Å². The number of carbonyl (C=O) groups is 1. The van der Waals surface area contributed by atoms with Gasteiger partial charge in [-0.3, -0.25) is 4.55 Å². The van der Waals surface area contributed by atoms with Crippen LogP contribution in [0.1, 0.15) is 0 Å². The molecule has 46 valence electrons. The summed E-state index contributed by atoms with van der Waals surface area (Å²) in [6.07, 6.45) is 0.800. The molecule has 1 N–H and O–H groups in total. The first-order valence-corrected chi connectivity index (χ1v) is 2.65. The number of hydrogen-bond acceptors (Lipinski definition) is 3. The molecular formula is C3H4O4S. The lowest BCUT2D eigenvalue weighted by atomic mass is 10.7. The van der Waals surface area contributed by atoms with Gasteiger partial charge >= 0.3 is 17.3 Å². The highest BCUT2D eigenvalue weighted by molar-refractivity contribution is 7.74. The van der Waals surface area contributed by atoms with Gasteiger partial charge in [-0.05, 0) is 0 Å². The molecule has 0 aliphatic heterocycles. The summed E-state index contributed by atoms with van der Waals surface area (Å²) in [6, 6.07) is 0. The smallest absolute Gasteiger partial charge is 0.340 e. The molecule has 1 unspecified atom stereocenters. The molecule has 8 heavy (non-hydrogen) atoms. The zero-order valence-corrected chi connectivity index (χ0v) is 4.68. The summed E-state index contributed by atoms with van der Waals surface area (Å²) >= 11 is -2.52. The van der Waals surface area contributed by atoms with Crippen molar-refractivity contribution in [3.8, 4) is 0 Å². The molecule has 0 aliphatic carbocycles. The molecule has 0 bridgehead atoms. The lowest BCUT2D eigenvalue weighted by Crippen LogP contribution is -2.01. The van der Waals surface area contributed by atoms with Gasteiger partial charge in [-0.1, -0.05) is 6.58 Å². The van der Waals surface area contributed by atoms with Crippen LogP contribution in [-0.2, 0) is 20.3 Å². The van der Waals surface area contributed by atoms with E-state index in [1.54, 1.807) is 0 Å². The molecular weight excluding hydrogens is 132 g/mol. The van der Waals surface area contributed by atoms with Crippen LogP contribution >= 0.6 is 0 Å². The van der Waals surface area contributed by atoms with Gasteiger partial charge in [-0.25, -0.2) is 4.79 Å². The fourth-order valence-electron chi connectivity index (χ4n) is 0.104. The van der Waals surface area contributed by atoms with Crippen LogP contribution in [0.25, 0.3) is 0 Å². The average Bonchev–Trinajstić information content (AvgIpc) is 1.65. The van der Waals surface area contributed by atoms with Crippen molar-refractivity contribution >= 4 is 17.3 Å². The molecule has 0 heterocycles. The summed E-state index contributed by atoms with van der Waals surface area (Å²) in [5, 5.41) is 0. The van der Waals surface area contributed by atoms with E-state index in [0.29, 0.717) is 0 Å². The maximum absolute atomic E-state index is 9.93. The van der Waals surface area contributed by atoms with Crippen LogP contribution in [0.15, 0.2) is 12.7 Å². The van der Waals surface area contributed by atoms with E-state index in [9.17, 15) is 9.00 Å². The third-order valence-corrected chi connectivity index (χ3v) is 0.627. The SMILES string of the molecule is C=CC(=O)OS(=O)O. The first-order valence-electron chi connectivity index (χ1n) is 1.62. The van der Waals surface area contributed by atoms with Gasteiger partial charge in [0.05, 0.1) is 0 Å². The van der Waals surface area contributed by atoms with Gasteiger partial charge in [-0.15, -0.1) is 0 Å². The van der Waals surface area contributed by atoms with Gasteiger partial charge in [0.2, 0.25) is 0 Å². The van der Waals surface area contributed by atoms with Crippen molar-refractivity contribution in [2.75, 3.05) is 0 Å². The highest BCUT2D eigenvalue weighted by Crippen LogP contribution is 1.80. The Labute approximate surface area is 48.6 Å². The first-order chi connectivity index (χ1) is 3.66. The van der Waals surface area contributed by atoms with E-state index in [2.05, 4.69) is 10.8 Å². The van der Waals surface area contributed by atoms with Gasteiger partial charge in [0.25, 0.3) is 0 Å². The number of hydrogen-bond donors (Lipinski definition) is 1. The maximum atomic E-state index is 9.93. The second kappa shape index (κ2) is 3.34. The molecule has 0 rings (SSSR count). The molecule has 0 aromatic heterocycles. The van der Waals surface area contributed by atoms with Crippen LogP contribution in [0.3, 0.4) is 0 Å². The molecule has 0 saturated heterocycles. The summed E-state index contributed by atoms with van der Waals surface area (Å²) in [5.74, 6) is -0.911. The van der Waals surface area contributed by atoms with Crippen molar-refractivity contribution in [3.63, 3.8) is 0 Å². The Morgan fingerprint density at radius 3 is 2.50 bits per heavy atom. The van der Waals surface area contributed by atoms with Crippen LogP contribution in [0.4, 0.5) is 0 Å². The second-order valence-corrected chi connectivity index (χ2v) is 1.42. The highest BCUT2D eigenvalue weighted by atomic mass is 32.2. The third-order valence-electron chi connectivity index (χ3n) is 0.320. The van der Waals surface area contributed by atoms with Crippen LogP contribution < -0.4 is 0 Å². The molecule has 0 saturated carbocycles. The molecule has 1 atom stereocenters. The zero-order chi connectivity index (χ0) is 6.57. The van der Waals surface area contributed by atoms with Gasteiger partial charge in [0, 0.05) is 6.08 Å². The molecule has 0 aliphatic rings. The first kappa shape index (κ1) is 7.32. The van der Waals surface area contributed by atoms with Crippen LogP contribution in [-0.4, -0.2) is 14.7 Å². The van der Waals surface area contributed by atoms with E-state index in [-0.39, 0.29) is 0 Å². The lowest BCUT2D eigenvalue weighted by molar-refractivity contribution is -0.128. The average molecular weight is 136 g/mol. The summed E-state index contributed by atoms with van der Waals surface area (Å²) in [6.45, 7) is 2.99. The quantitative estimate of drug-likeness (QED) is 0.423. The minimum Gasteiger partial charge on any atom is -0.340 e. The van der Waals surface area contributed by atoms with Crippen LogP contribution in [0, 0.1) is 0 Å². The molecule has 0 aromatic rings. The Balaban J connectivity index is 3.55. The van der Waals surface area contributed by atoms with E-state index in [1.165, 1.54) is 0 Å². The second-order valence-electron chi connectivity index (χ2n) is 0.824. The third kappa shape index (κ3) is 3.51.